The van der Waals surface area contributed by atoms with Crippen LogP contribution < -0.4 is 4.74 Å². The predicted octanol–water partition coefficient (Wildman–Crippen LogP) is 4.86. The van der Waals surface area contributed by atoms with Crippen LogP contribution in [0.1, 0.15) is 32.6 Å². The van der Waals surface area contributed by atoms with Gasteiger partial charge in [-0.3, -0.25) is 0 Å². The van der Waals surface area contributed by atoms with Crippen LogP contribution in [0.3, 0.4) is 0 Å². The Kier molecular flexibility index (Phi) is 5.14. The Balaban J connectivity index is 1.97. The second-order valence-electron chi connectivity index (χ2n) is 5.98. The van der Waals surface area contributed by atoms with Crippen molar-refractivity contribution in [2.45, 2.75) is 20.0 Å². The normalized spacial score (nSPS) is 10.4. The van der Waals surface area contributed by atoms with E-state index < -0.39 is 5.97 Å². The fourth-order valence-electron chi connectivity index (χ4n) is 2.81. The van der Waals surface area contributed by atoms with Gasteiger partial charge in [-0.25, -0.2) is 4.79 Å². The van der Waals surface area contributed by atoms with Gasteiger partial charge in [0, 0.05) is 12.0 Å². The zero-order chi connectivity index (χ0) is 17.6. The summed E-state index contributed by atoms with van der Waals surface area (Å²) in [4.78, 5) is 11.7. The second-order valence-corrected chi connectivity index (χ2v) is 5.98. The topological polar surface area (TPSA) is 46.5 Å². The molecule has 0 aliphatic carbocycles. The second kappa shape index (κ2) is 7.67. The smallest absolute Gasteiger partial charge is 0.339 e. The van der Waals surface area contributed by atoms with Gasteiger partial charge in [0.05, 0.1) is 0 Å². The van der Waals surface area contributed by atoms with Gasteiger partial charge in [0.15, 0.2) is 0 Å². The standard InChI is InChI=1S/C22H20O3/c1-16-12-13-19(22(23)24)21(25-15-18-10-6-3-7-11-18)20(16)14-17-8-4-2-5-9-17/h2-13H,14-15H2,1H3,(H,23,24). The molecule has 0 heterocycles. The molecule has 0 atom stereocenters. The highest BCUT2D eigenvalue weighted by Crippen LogP contribution is 2.30. The Bertz CT molecular complexity index is 855. The minimum atomic E-state index is -0.975. The summed E-state index contributed by atoms with van der Waals surface area (Å²) in [5.41, 5.74) is 4.27. The van der Waals surface area contributed by atoms with Crippen LogP contribution in [0, 0.1) is 6.92 Å². The molecule has 0 aromatic heterocycles. The molecule has 3 nitrogen and oxygen atoms in total. The third kappa shape index (κ3) is 4.07. The van der Waals surface area contributed by atoms with E-state index in [1.54, 1.807) is 6.07 Å². The molecular weight excluding hydrogens is 312 g/mol. The van der Waals surface area contributed by atoms with Crippen molar-refractivity contribution in [1.82, 2.24) is 0 Å². The number of carbonyl (C=O) groups is 1. The number of hydrogen-bond acceptors (Lipinski definition) is 2. The summed E-state index contributed by atoms with van der Waals surface area (Å²) in [6, 6.07) is 23.2. The summed E-state index contributed by atoms with van der Waals surface area (Å²) in [5.74, 6) is -0.516. The molecule has 0 radical (unpaired) electrons. The van der Waals surface area contributed by atoms with Crippen LogP contribution in [0.2, 0.25) is 0 Å². The summed E-state index contributed by atoms with van der Waals surface area (Å²) in [6.07, 6.45) is 0.637. The lowest BCUT2D eigenvalue weighted by Crippen LogP contribution is -2.08. The van der Waals surface area contributed by atoms with Crippen LogP contribution in [0.5, 0.6) is 5.75 Å². The molecule has 25 heavy (non-hydrogen) atoms. The van der Waals surface area contributed by atoms with Crippen molar-refractivity contribution < 1.29 is 14.6 Å². The predicted molar refractivity (Wildman–Crippen MR) is 98.2 cm³/mol. The van der Waals surface area contributed by atoms with E-state index in [9.17, 15) is 9.90 Å². The molecule has 126 valence electrons. The summed E-state index contributed by atoms with van der Waals surface area (Å²) in [6.45, 7) is 2.33. The van der Waals surface area contributed by atoms with Crippen molar-refractivity contribution in [1.29, 1.82) is 0 Å². The van der Waals surface area contributed by atoms with Gasteiger partial charge in [0.1, 0.15) is 17.9 Å². The van der Waals surface area contributed by atoms with Crippen LogP contribution in [-0.4, -0.2) is 11.1 Å². The molecule has 0 aliphatic rings. The molecule has 0 fully saturated rings. The van der Waals surface area contributed by atoms with Gasteiger partial charge in [-0.15, -0.1) is 0 Å². The van der Waals surface area contributed by atoms with Crippen LogP contribution in [0.4, 0.5) is 0 Å². The Hall–Kier alpha value is -3.07. The Morgan fingerprint density at radius 1 is 0.880 bits per heavy atom. The first kappa shape index (κ1) is 16.8. The Morgan fingerprint density at radius 2 is 1.48 bits per heavy atom. The molecular formula is C22H20O3. The number of aryl methyl sites for hydroxylation is 1. The quantitative estimate of drug-likeness (QED) is 0.701. The molecule has 0 bridgehead atoms. The summed E-state index contributed by atoms with van der Waals surface area (Å²) in [5, 5.41) is 9.56. The van der Waals surface area contributed by atoms with Gasteiger partial charge in [-0.05, 0) is 29.7 Å². The molecule has 0 saturated heterocycles. The molecule has 3 rings (SSSR count). The van der Waals surface area contributed by atoms with Crippen LogP contribution in [0.25, 0.3) is 0 Å². The molecule has 3 aromatic carbocycles. The van der Waals surface area contributed by atoms with E-state index in [1.807, 2.05) is 73.7 Å². The Morgan fingerprint density at radius 3 is 2.08 bits per heavy atom. The molecule has 0 amide bonds. The van der Waals surface area contributed by atoms with Crippen molar-refractivity contribution in [3.05, 3.63) is 101 Å². The van der Waals surface area contributed by atoms with E-state index in [2.05, 4.69) is 0 Å². The maximum Gasteiger partial charge on any atom is 0.339 e. The monoisotopic (exact) mass is 332 g/mol. The maximum atomic E-state index is 11.7. The van der Waals surface area contributed by atoms with E-state index in [0.717, 1.165) is 22.3 Å². The van der Waals surface area contributed by atoms with Crippen molar-refractivity contribution in [2.75, 3.05) is 0 Å². The first-order valence-electron chi connectivity index (χ1n) is 8.21. The molecule has 0 aliphatic heterocycles. The maximum absolute atomic E-state index is 11.7. The van der Waals surface area contributed by atoms with Gasteiger partial charge in [-0.2, -0.15) is 0 Å². The van der Waals surface area contributed by atoms with Crippen molar-refractivity contribution in [3.63, 3.8) is 0 Å². The van der Waals surface area contributed by atoms with Crippen molar-refractivity contribution in [2.24, 2.45) is 0 Å². The fourth-order valence-corrected chi connectivity index (χ4v) is 2.81. The highest BCUT2D eigenvalue weighted by molar-refractivity contribution is 5.91. The average Bonchev–Trinajstić information content (AvgIpc) is 2.63. The van der Waals surface area contributed by atoms with Crippen LogP contribution in [0.15, 0.2) is 72.8 Å². The van der Waals surface area contributed by atoms with Crippen LogP contribution in [-0.2, 0) is 13.0 Å². The van der Waals surface area contributed by atoms with Crippen molar-refractivity contribution >= 4 is 5.97 Å². The van der Waals surface area contributed by atoms with Gasteiger partial charge >= 0.3 is 5.97 Å². The van der Waals surface area contributed by atoms with E-state index in [4.69, 9.17) is 4.74 Å². The van der Waals surface area contributed by atoms with Gasteiger partial charge in [0.25, 0.3) is 0 Å². The van der Waals surface area contributed by atoms with E-state index in [0.29, 0.717) is 18.8 Å². The first-order valence-corrected chi connectivity index (χ1v) is 8.21. The number of benzene rings is 3. The highest BCUT2D eigenvalue weighted by Gasteiger charge is 2.18. The summed E-state index contributed by atoms with van der Waals surface area (Å²) >= 11 is 0. The summed E-state index contributed by atoms with van der Waals surface area (Å²) < 4.78 is 5.99. The number of rotatable bonds is 6. The van der Waals surface area contributed by atoms with Gasteiger partial charge in [0.2, 0.25) is 0 Å². The lowest BCUT2D eigenvalue weighted by Gasteiger charge is -2.17. The largest absolute Gasteiger partial charge is 0.488 e. The minimum Gasteiger partial charge on any atom is -0.488 e. The SMILES string of the molecule is Cc1ccc(C(=O)O)c(OCc2ccccc2)c1Cc1ccccc1. The van der Waals surface area contributed by atoms with Gasteiger partial charge < -0.3 is 9.84 Å². The molecule has 3 aromatic rings. The summed E-state index contributed by atoms with van der Waals surface area (Å²) in [7, 11) is 0. The van der Waals surface area contributed by atoms with E-state index in [-0.39, 0.29) is 5.56 Å². The van der Waals surface area contributed by atoms with Crippen LogP contribution >= 0.6 is 0 Å². The lowest BCUT2D eigenvalue weighted by molar-refractivity contribution is 0.0691. The van der Waals surface area contributed by atoms with Crippen molar-refractivity contribution in [3.8, 4) is 5.75 Å². The fraction of sp³-hybridized carbons (Fsp3) is 0.136. The average molecular weight is 332 g/mol. The Labute approximate surface area is 147 Å². The molecule has 3 heteroatoms. The third-order valence-electron chi connectivity index (χ3n) is 4.17. The highest BCUT2D eigenvalue weighted by atomic mass is 16.5. The number of aromatic carboxylic acids is 1. The zero-order valence-electron chi connectivity index (χ0n) is 14.1. The molecule has 0 spiro atoms. The lowest BCUT2D eigenvalue weighted by atomic mass is 9.96. The molecule has 0 unspecified atom stereocenters. The number of hydrogen-bond donors (Lipinski definition) is 1. The number of carboxylic acids is 1. The third-order valence-corrected chi connectivity index (χ3v) is 4.17. The van der Waals surface area contributed by atoms with E-state index >= 15 is 0 Å². The zero-order valence-corrected chi connectivity index (χ0v) is 14.1. The molecule has 0 saturated carbocycles. The first-order chi connectivity index (χ1) is 12.1. The number of carboxylic acid groups (broad SMARTS) is 1. The minimum absolute atomic E-state index is 0.201. The van der Waals surface area contributed by atoms with Gasteiger partial charge in [-0.1, -0.05) is 66.7 Å². The van der Waals surface area contributed by atoms with E-state index in [1.165, 1.54) is 0 Å². The number of ether oxygens (including phenoxy) is 1. The molecule has 1 N–H and O–H groups in total.